The Morgan fingerprint density at radius 2 is 2.39 bits per heavy atom. The molecule has 0 radical (unpaired) electrons. The van der Waals surface area contributed by atoms with E-state index in [0.717, 1.165) is 0 Å². The molecule has 124 valence electrons. The molecule has 23 heavy (non-hydrogen) atoms. The summed E-state index contributed by atoms with van der Waals surface area (Å²) >= 11 is 0. The van der Waals surface area contributed by atoms with Crippen LogP contribution in [0.5, 0.6) is 0 Å². The Hall–Kier alpha value is -2.16. The summed E-state index contributed by atoms with van der Waals surface area (Å²) in [4.78, 5) is 28.1. The number of amides is 1. The minimum absolute atomic E-state index is 0.00116. The van der Waals surface area contributed by atoms with Crippen LogP contribution in [-0.2, 0) is 19.0 Å². The van der Waals surface area contributed by atoms with Crippen LogP contribution in [0.1, 0.15) is 16.9 Å². The molecule has 3 rings (SSSR count). The minimum Gasteiger partial charge on any atom is -0.456 e. The largest absolute Gasteiger partial charge is 0.456 e. The first-order valence-electron chi connectivity index (χ1n) is 7.26. The number of rotatable bonds is 5. The van der Waals surface area contributed by atoms with Crippen molar-refractivity contribution in [3.05, 3.63) is 35.7 Å². The first-order chi connectivity index (χ1) is 11.1. The Balaban J connectivity index is 1.66. The molecular weight excluding hydrogens is 304 g/mol. The number of aromatic amines is 1. The van der Waals surface area contributed by atoms with Gasteiger partial charge in [0.05, 0.1) is 6.61 Å². The van der Waals surface area contributed by atoms with Crippen LogP contribution >= 0.6 is 0 Å². The molecule has 1 saturated heterocycles. The van der Waals surface area contributed by atoms with E-state index in [1.54, 1.807) is 24.4 Å². The number of ether oxygens (including phenoxy) is 3. The number of hydrogen-bond donors (Lipinski definition) is 2. The Kier molecular flexibility index (Phi) is 4.46. The fourth-order valence-electron chi connectivity index (χ4n) is 2.72. The molecule has 3 heterocycles. The van der Waals surface area contributed by atoms with Crippen LogP contribution in [0.2, 0.25) is 0 Å². The molecular formula is C15H18N2O6. The molecule has 1 fully saturated rings. The summed E-state index contributed by atoms with van der Waals surface area (Å²) in [6.45, 7) is 0.301. The zero-order valence-corrected chi connectivity index (χ0v) is 12.6. The van der Waals surface area contributed by atoms with Gasteiger partial charge in [0, 0.05) is 25.3 Å². The van der Waals surface area contributed by atoms with Crippen molar-refractivity contribution < 1.29 is 28.9 Å². The minimum atomic E-state index is -1.10. The number of nitrogens with one attached hydrogen (secondary N) is 1. The lowest BCUT2D eigenvalue weighted by Gasteiger charge is -2.30. The highest BCUT2D eigenvalue weighted by Crippen LogP contribution is 2.29. The number of carbonyl (C=O) groups excluding carboxylic acids is 2. The number of aliphatic hydroxyl groups excluding tert-OH is 1. The van der Waals surface area contributed by atoms with E-state index in [0.29, 0.717) is 17.9 Å². The summed E-state index contributed by atoms with van der Waals surface area (Å²) in [5, 5.41) is 9.72. The highest BCUT2D eigenvalue weighted by Gasteiger charge is 2.45. The van der Waals surface area contributed by atoms with Crippen LogP contribution in [0.3, 0.4) is 0 Å². The first-order valence-corrected chi connectivity index (χ1v) is 7.26. The van der Waals surface area contributed by atoms with E-state index < -0.39 is 30.4 Å². The SMILES string of the molecule is CO[C@@H]1C[C@H](O)C(=O)N1[C@@H]1OCC=C1COC(=O)c1ccc[nH]1. The van der Waals surface area contributed by atoms with Crippen molar-refractivity contribution in [3.8, 4) is 0 Å². The Bertz CT molecular complexity index is 611. The van der Waals surface area contributed by atoms with Crippen molar-refractivity contribution in [3.63, 3.8) is 0 Å². The van der Waals surface area contributed by atoms with Gasteiger partial charge in [-0.25, -0.2) is 4.79 Å². The second-order valence-electron chi connectivity index (χ2n) is 5.31. The van der Waals surface area contributed by atoms with Crippen LogP contribution in [0.25, 0.3) is 0 Å². The summed E-state index contributed by atoms with van der Waals surface area (Å²) < 4.78 is 16.0. The molecule has 3 atom stereocenters. The average Bonchev–Trinajstić information content (AvgIpc) is 3.26. The maximum atomic E-state index is 12.1. The van der Waals surface area contributed by atoms with Gasteiger partial charge in [0.25, 0.3) is 5.91 Å². The van der Waals surface area contributed by atoms with Crippen molar-refractivity contribution in [2.24, 2.45) is 0 Å². The molecule has 1 aromatic heterocycles. The number of esters is 1. The number of carbonyl (C=O) groups is 2. The molecule has 1 aromatic rings. The number of methoxy groups -OCH3 is 1. The van der Waals surface area contributed by atoms with E-state index in [-0.39, 0.29) is 13.0 Å². The van der Waals surface area contributed by atoms with E-state index in [1.807, 2.05) is 0 Å². The highest BCUT2D eigenvalue weighted by atomic mass is 16.5. The molecule has 0 bridgehead atoms. The molecule has 0 aliphatic carbocycles. The van der Waals surface area contributed by atoms with E-state index in [1.165, 1.54) is 12.0 Å². The molecule has 2 aliphatic heterocycles. The van der Waals surface area contributed by atoms with Gasteiger partial charge in [-0.2, -0.15) is 0 Å². The van der Waals surface area contributed by atoms with Gasteiger partial charge in [0.2, 0.25) is 0 Å². The third-order valence-corrected chi connectivity index (χ3v) is 3.90. The maximum Gasteiger partial charge on any atom is 0.355 e. The van der Waals surface area contributed by atoms with Gasteiger partial charge in [-0.05, 0) is 12.1 Å². The lowest BCUT2D eigenvalue weighted by Crippen LogP contribution is -2.45. The number of aromatic nitrogens is 1. The third kappa shape index (κ3) is 3.00. The third-order valence-electron chi connectivity index (χ3n) is 3.90. The van der Waals surface area contributed by atoms with E-state index >= 15 is 0 Å². The summed E-state index contributed by atoms with van der Waals surface area (Å²) in [7, 11) is 1.46. The molecule has 0 spiro atoms. The number of nitrogens with zero attached hydrogens (tertiary/aromatic N) is 1. The molecule has 0 unspecified atom stereocenters. The van der Waals surface area contributed by atoms with Crippen LogP contribution in [0.15, 0.2) is 30.0 Å². The molecule has 8 nitrogen and oxygen atoms in total. The van der Waals surface area contributed by atoms with Crippen LogP contribution in [-0.4, -0.2) is 65.8 Å². The summed E-state index contributed by atoms with van der Waals surface area (Å²) in [5.74, 6) is -0.942. The Morgan fingerprint density at radius 1 is 1.57 bits per heavy atom. The van der Waals surface area contributed by atoms with E-state index in [9.17, 15) is 14.7 Å². The fraction of sp³-hybridized carbons (Fsp3) is 0.467. The zero-order valence-electron chi connectivity index (χ0n) is 12.6. The van der Waals surface area contributed by atoms with Gasteiger partial charge in [-0.3, -0.25) is 9.69 Å². The monoisotopic (exact) mass is 322 g/mol. The maximum absolute atomic E-state index is 12.1. The van der Waals surface area contributed by atoms with Gasteiger partial charge >= 0.3 is 5.97 Å². The lowest BCUT2D eigenvalue weighted by molar-refractivity contribution is -0.154. The number of hydrogen-bond acceptors (Lipinski definition) is 6. The first kappa shape index (κ1) is 15.7. The van der Waals surface area contributed by atoms with Crippen molar-refractivity contribution in [1.29, 1.82) is 0 Å². The van der Waals surface area contributed by atoms with Crippen molar-refractivity contribution >= 4 is 11.9 Å². The van der Waals surface area contributed by atoms with Crippen molar-refractivity contribution in [2.45, 2.75) is 25.0 Å². The quantitative estimate of drug-likeness (QED) is 0.585. The Labute approximate surface area is 132 Å². The normalized spacial score (nSPS) is 27.4. The van der Waals surface area contributed by atoms with Gasteiger partial charge in [0.1, 0.15) is 24.6 Å². The Morgan fingerprint density at radius 3 is 3.09 bits per heavy atom. The standard InChI is InChI=1S/C15H18N2O6/c1-21-12-7-11(18)13(19)17(12)14-9(4-6-22-14)8-23-15(20)10-3-2-5-16-10/h2-5,11-12,14,16,18H,6-8H2,1H3/t11-,12+,14+/m0/s1. The zero-order chi connectivity index (χ0) is 16.4. The predicted octanol–water partition coefficient (Wildman–Crippen LogP) is 0.0199. The van der Waals surface area contributed by atoms with Gasteiger partial charge < -0.3 is 24.3 Å². The molecule has 1 amide bonds. The van der Waals surface area contributed by atoms with Crippen molar-refractivity contribution in [1.82, 2.24) is 9.88 Å². The highest BCUT2D eigenvalue weighted by molar-refractivity contribution is 5.87. The second kappa shape index (κ2) is 6.53. The number of aliphatic hydroxyl groups is 1. The topological polar surface area (TPSA) is 101 Å². The van der Waals surface area contributed by atoms with Gasteiger partial charge in [0.15, 0.2) is 6.23 Å². The smallest absolute Gasteiger partial charge is 0.355 e. The average molecular weight is 322 g/mol. The van der Waals surface area contributed by atoms with E-state index in [2.05, 4.69) is 4.98 Å². The van der Waals surface area contributed by atoms with Gasteiger partial charge in [-0.1, -0.05) is 6.08 Å². The van der Waals surface area contributed by atoms with Crippen LogP contribution < -0.4 is 0 Å². The van der Waals surface area contributed by atoms with E-state index in [4.69, 9.17) is 14.2 Å². The second-order valence-corrected chi connectivity index (χ2v) is 5.31. The van der Waals surface area contributed by atoms with Gasteiger partial charge in [-0.15, -0.1) is 0 Å². The fourth-order valence-corrected chi connectivity index (χ4v) is 2.72. The molecule has 2 aliphatic rings. The summed E-state index contributed by atoms with van der Waals surface area (Å²) in [5.41, 5.74) is 0.998. The molecule has 0 aromatic carbocycles. The predicted molar refractivity (Wildman–Crippen MR) is 77.2 cm³/mol. The van der Waals surface area contributed by atoms with Crippen LogP contribution in [0, 0.1) is 0 Å². The lowest BCUT2D eigenvalue weighted by atomic mass is 10.2. The number of H-pyrrole nitrogens is 1. The summed E-state index contributed by atoms with van der Waals surface area (Å²) in [6, 6.07) is 3.31. The molecule has 0 saturated carbocycles. The van der Waals surface area contributed by atoms with Crippen LogP contribution in [0.4, 0.5) is 0 Å². The summed E-state index contributed by atoms with van der Waals surface area (Å²) in [6.07, 6.45) is 1.21. The molecule has 8 heteroatoms. The molecule has 2 N–H and O–H groups in total. The van der Waals surface area contributed by atoms with Crippen molar-refractivity contribution in [2.75, 3.05) is 20.3 Å². The number of likely N-dealkylation sites (tertiary alicyclic amines) is 1.